The third-order valence-electron chi connectivity index (χ3n) is 1.83. The molecule has 2 aromatic rings. The molecule has 0 fully saturated rings. The van der Waals surface area contributed by atoms with Crippen LogP contribution in [0.15, 0.2) is 22.6 Å². The van der Waals surface area contributed by atoms with Crippen molar-refractivity contribution in [2.24, 2.45) is 0 Å². The Morgan fingerprint density at radius 3 is 2.62 bits per heavy atom. The van der Waals surface area contributed by atoms with Crippen LogP contribution in [0, 0.1) is 10.1 Å². The lowest BCUT2D eigenvalue weighted by Crippen LogP contribution is -1.99. The number of nitro groups is 1. The van der Waals surface area contributed by atoms with E-state index in [-0.39, 0.29) is 17.2 Å². The molecule has 5 nitrogen and oxygen atoms in total. The van der Waals surface area contributed by atoms with Crippen molar-refractivity contribution in [2.45, 2.75) is 3.79 Å². The van der Waals surface area contributed by atoms with Gasteiger partial charge < -0.3 is 4.42 Å². The molecule has 2 rings (SSSR count). The summed E-state index contributed by atoms with van der Waals surface area (Å²) >= 11 is 16.7. The van der Waals surface area contributed by atoms with Crippen LogP contribution in [0.4, 0.5) is 5.69 Å². The van der Waals surface area contributed by atoms with Crippen LogP contribution >= 0.6 is 34.8 Å². The van der Waals surface area contributed by atoms with Crippen molar-refractivity contribution in [3.63, 3.8) is 0 Å². The summed E-state index contributed by atoms with van der Waals surface area (Å²) in [4.78, 5) is 13.9. The molecule has 16 heavy (non-hydrogen) atoms. The molecule has 0 saturated heterocycles. The van der Waals surface area contributed by atoms with E-state index in [4.69, 9.17) is 39.2 Å². The van der Waals surface area contributed by atoms with E-state index < -0.39 is 8.72 Å². The number of rotatable bonds is 1. The number of hydrogen-bond acceptors (Lipinski definition) is 4. The van der Waals surface area contributed by atoms with Gasteiger partial charge in [-0.1, -0.05) is 34.8 Å². The topological polar surface area (TPSA) is 69.2 Å². The average molecular weight is 281 g/mol. The summed E-state index contributed by atoms with van der Waals surface area (Å²) in [5.74, 6) is -0.118. The molecule has 0 amide bonds. The Morgan fingerprint density at radius 1 is 1.38 bits per heavy atom. The number of oxazole rings is 1. The molecule has 0 bridgehead atoms. The Bertz CT molecular complexity index is 561. The molecule has 0 atom stereocenters. The summed E-state index contributed by atoms with van der Waals surface area (Å²) in [6, 6.07) is 3.95. The predicted molar refractivity (Wildman–Crippen MR) is 59.9 cm³/mol. The van der Waals surface area contributed by atoms with Crippen LogP contribution in [0.2, 0.25) is 0 Å². The fourth-order valence-electron chi connectivity index (χ4n) is 1.15. The molecule has 0 radical (unpaired) electrons. The Balaban J connectivity index is 2.59. The van der Waals surface area contributed by atoms with Crippen LogP contribution in [0.3, 0.4) is 0 Å². The first-order valence-electron chi connectivity index (χ1n) is 4.00. The number of halogens is 3. The molecule has 1 aromatic carbocycles. The normalized spacial score (nSPS) is 11.9. The fourth-order valence-corrected chi connectivity index (χ4v) is 1.39. The number of nitro benzene ring substituents is 1. The largest absolute Gasteiger partial charge is 0.436 e. The van der Waals surface area contributed by atoms with Gasteiger partial charge in [-0.3, -0.25) is 10.1 Å². The zero-order chi connectivity index (χ0) is 11.9. The zero-order valence-corrected chi connectivity index (χ0v) is 9.75. The van der Waals surface area contributed by atoms with E-state index in [0.717, 1.165) is 0 Å². The molecule has 84 valence electrons. The maximum absolute atomic E-state index is 10.5. The highest BCUT2D eigenvalue weighted by Crippen LogP contribution is 2.39. The van der Waals surface area contributed by atoms with Gasteiger partial charge in [0.05, 0.1) is 11.0 Å². The molecule has 8 heteroatoms. The van der Waals surface area contributed by atoms with Crippen molar-refractivity contribution in [3.05, 3.63) is 34.2 Å². The Kier molecular flexibility index (Phi) is 2.69. The average Bonchev–Trinajstić information content (AvgIpc) is 2.58. The van der Waals surface area contributed by atoms with Crippen molar-refractivity contribution in [3.8, 4) is 0 Å². The minimum atomic E-state index is -1.78. The van der Waals surface area contributed by atoms with Crippen molar-refractivity contribution >= 4 is 51.6 Å². The van der Waals surface area contributed by atoms with Crippen molar-refractivity contribution < 1.29 is 9.34 Å². The smallest absolute Gasteiger partial charge is 0.273 e. The second-order valence-corrected chi connectivity index (χ2v) is 5.21. The van der Waals surface area contributed by atoms with Gasteiger partial charge in [-0.05, 0) is 6.07 Å². The van der Waals surface area contributed by atoms with Crippen LogP contribution in [-0.4, -0.2) is 9.91 Å². The van der Waals surface area contributed by atoms with Gasteiger partial charge in [0.25, 0.3) is 9.48 Å². The Morgan fingerprint density at radius 2 is 2.06 bits per heavy atom. The molecule has 0 unspecified atom stereocenters. The van der Waals surface area contributed by atoms with E-state index in [9.17, 15) is 10.1 Å². The molecule has 0 N–H and O–H groups in total. The van der Waals surface area contributed by atoms with Gasteiger partial charge in [0, 0.05) is 6.07 Å². The van der Waals surface area contributed by atoms with Crippen molar-refractivity contribution in [1.29, 1.82) is 0 Å². The van der Waals surface area contributed by atoms with E-state index in [1.807, 2.05) is 0 Å². The van der Waals surface area contributed by atoms with Crippen LogP contribution in [0.25, 0.3) is 11.1 Å². The summed E-state index contributed by atoms with van der Waals surface area (Å²) in [6.45, 7) is 0. The number of nitrogens with zero attached hydrogens (tertiary/aromatic N) is 2. The number of fused-ring (bicyclic) bond motifs is 1. The lowest BCUT2D eigenvalue weighted by molar-refractivity contribution is -0.384. The van der Waals surface area contributed by atoms with E-state index in [1.165, 1.54) is 18.2 Å². The molecule has 0 aliphatic rings. The lowest BCUT2D eigenvalue weighted by atomic mass is 10.3. The molecule has 1 aromatic heterocycles. The first kappa shape index (κ1) is 11.4. The third kappa shape index (κ3) is 2.07. The monoisotopic (exact) mass is 280 g/mol. The maximum atomic E-state index is 10.5. The Hall–Kier alpha value is -1.04. The quantitative estimate of drug-likeness (QED) is 0.455. The van der Waals surface area contributed by atoms with Gasteiger partial charge in [0.15, 0.2) is 5.58 Å². The van der Waals surface area contributed by atoms with E-state index in [0.29, 0.717) is 5.52 Å². The molecule has 0 aliphatic carbocycles. The first-order valence-corrected chi connectivity index (χ1v) is 5.13. The highest BCUT2D eigenvalue weighted by atomic mass is 35.6. The first-order chi connectivity index (χ1) is 7.38. The predicted octanol–water partition coefficient (Wildman–Crippen LogP) is 3.56. The number of non-ortho nitro benzene ring substituents is 1. The molecular weight excluding hydrogens is 278 g/mol. The molecule has 0 spiro atoms. The SMILES string of the molecule is O=[N+]([O-])c1ccc2nc(C(Cl)(Cl)Cl)oc2c1. The fraction of sp³-hybridized carbons (Fsp3) is 0.125. The lowest BCUT2D eigenvalue weighted by Gasteiger charge is -2.02. The number of alkyl halides is 3. The van der Waals surface area contributed by atoms with Gasteiger partial charge in [0.2, 0.25) is 5.89 Å². The minimum Gasteiger partial charge on any atom is -0.436 e. The van der Waals surface area contributed by atoms with Gasteiger partial charge in [-0.15, -0.1) is 0 Å². The van der Waals surface area contributed by atoms with E-state index in [1.54, 1.807) is 0 Å². The highest BCUT2D eigenvalue weighted by Gasteiger charge is 2.30. The molecule has 1 heterocycles. The van der Waals surface area contributed by atoms with E-state index in [2.05, 4.69) is 4.98 Å². The van der Waals surface area contributed by atoms with Gasteiger partial charge in [-0.25, -0.2) is 4.98 Å². The second-order valence-electron chi connectivity index (χ2n) is 2.93. The van der Waals surface area contributed by atoms with Crippen molar-refractivity contribution in [1.82, 2.24) is 4.98 Å². The molecule has 0 saturated carbocycles. The zero-order valence-electron chi connectivity index (χ0n) is 7.49. The summed E-state index contributed by atoms with van der Waals surface area (Å²) in [6.07, 6.45) is 0. The highest BCUT2D eigenvalue weighted by molar-refractivity contribution is 6.66. The maximum Gasteiger partial charge on any atom is 0.273 e. The van der Waals surface area contributed by atoms with E-state index >= 15 is 0 Å². The summed E-state index contributed by atoms with van der Waals surface area (Å²) in [7, 11) is 0. The summed E-state index contributed by atoms with van der Waals surface area (Å²) in [5, 5.41) is 10.5. The van der Waals surface area contributed by atoms with Gasteiger partial charge >= 0.3 is 0 Å². The van der Waals surface area contributed by atoms with Gasteiger partial charge in [0.1, 0.15) is 5.52 Å². The standard InChI is InChI=1S/C8H3Cl3N2O3/c9-8(10,11)7-12-5-2-1-4(13(14)15)3-6(5)16-7/h1-3H. The van der Waals surface area contributed by atoms with Crippen LogP contribution in [-0.2, 0) is 3.79 Å². The minimum absolute atomic E-state index is 0.112. The van der Waals surface area contributed by atoms with Crippen LogP contribution < -0.4 is 0 Å². The number of hydrogen-bond donors (Lipinski definition) is 0. The Labute approximate surface area is 104 Å². The summed E-state index contributed by atoms with van der Waals surface area (Å²) in [5.41, 5.74) is 0.488. The number of benzene rings is 1. The molecule has 0 aliphatic heterocycles. The van der Waals surface area contributed by atoms with Crippen LogP contribution in [0.5, 0.6) is 0 Å². The van der Waals surface area contributed by atoms with Crippen molar-refractivity contribution in [2.75, 3.05) is 0 Å². The third-order valence-corrected chi connectivity index (χ3v) is 2.31. The number of aromatic nitrogens is 1. The molecular formula is C8H3Cl3N2O3. The van der Waals surface area contributed by atoms with Gasteiger partial charge in [-0.2, -0.15) is 0 Å². The van der Waals surface area contributed by atoms with Crippen LogP contribution in [0.1, 0.15) is 5.89 Å². The second kappa shape index (κ2) is 3.76. The summed E-state index contributed by atoms with van der Waals surface area (Å²) < 4.78 is 3.33.